The van der Waals surface area contributed by atoms with Gasteiger partial charge in [-0.2, -0.15) is 0 Å². The van der Waals surface area contributed by atoms with Crippen molar-refractivity contribution in [1.29, 1.82) is 0 Å². The number of carbonyl (C=O) groups is 1. The van der Waals surface area contributed by atoms with Gasteiger partial charge in [0.15, 0.2) is 0 Å². The second-order valence-electron chi connectivity index (χ2n) is 11.0. The summed E-state index contributed by atoms with van der Waals surface area (Å²) < 4.78 is 0. The van der Waals surface area contributed by atoms with E-state index in [2.05, 4.69) is 87.2 Å². The van der Waals surface area contributed by atoms with Gasteiger partial charge in [0.25, 0.3) is 0 Å². The van der Waals surface area contributed by atoms with Crippen molar-refractivity contribution in [3.8, 4) is 0 Å². The third-order valence-corrected chi connectivity index (χ3v) is 8.71. The maximum Gasteiger partial charge on any atom is 0.225 e. The van der Waals surface area contributed by atoms with Crippen molar-refractivity contribution >= 4 is 5.91 Å². The van der Waals surface area contributed by atoms with Crippen molar-refractivity contribution in [2.24, 2.45) is 5.92 Å². The molecule has 0 bridgehead atoms. The fraction of sp³-hybridized carbons (Fsp3) is 0.581. The van der Waals surface area contributed by atoms with Crippen molar-refractivity contribution in [2.75, 3.05) is 58.9 Å². The number of nitrogens with zero attached hydrogens (tertiary/aromatic N) is 4. The molecule has 0 radical (unpaired) electrons. The number of carbonyl (C=O) groups excluding carboxylic acids is 1. The highest BCUT2D eigenvalue weighted by Crippen LogP contribution is 2.30. The molecule has 2 aromatic carbocycles. The zero-order valence-electron chi connectivity index (χ0n) is 22.1. The minimum Gasteiger partial charge on any atom is -0.340 e. The lowest BCUT2D eigenvalue weighted by Crippen LogP contribution is -2.53. The van der Waals surface area contributed by atoms with Gasteiger partial charge in [-0.15, -0.1) is 0 Å². The second kappa shape index (κ2) is 12.4. The first-order chi connectivity index (χ1) is 17.7. The van der Waals surface area contributed by atoms with Gasteiger partial charge in [0.2, 0.25) is 5.91 Å². The molecular weight excluding hydrogens is 444 g/mol. The maximum atomic E-state index is 13.4. The second-order valence-corrected chi connectivity index (χ2v) is 11.0. The van der Waals surface area contributed by atoms with Gasteiger partial charge in [-0.25, -0.2) is 0 Å². The molecule has 36 heavy (non-hydrogen) atoms. The van der Waals surface area contributed by atoms with Gasteiger partial charge < -0.3 is 14.7 Å². The van der Waals surface area contributed by atoms with Gasteiger partial charge >= 0.3 is 0 Å². The predicted molar refractivity (Wildman–Crippen MR) is 147 cm³/mol. The minimum atomic E-state index is 0.215. The highest BCUT2D eigenvalue weighted by molar-refractivity contribution is 5.79. The van der Waals surface area contributed by atoms with E-state index in [1.54, 1.807) is 0 Å². The topological polar surface area (TPSA) is 30.0 Å². The average Bonchev–Trinajstić information content (AvgIpc) is 2.95. The molecule has 3 fully saturated rings. The Hall–Kier alpha value is -2.21. The van der Waals surface area contributed by atoms with Crippen LogP contribution in [0.2, 0.25) is 0 Å². The van der Waals surface area contributed by atoms with Crippen LogP contribution in [0.25, 0.3) is 0 Å². The number of amides is 1. The van der Waals surface area contributed by atoms with Gasteiger partial charge in [0, 0.05) is 38.1 Å². The summed E-state index contributed by atoms with van der Waals surface area (Å²) in [6.45, 7) is 11.7. The van der Waals surface area contributed by atoms with Gasteiger partial charge in [-0.3, -0.25) is 9.69 Å². The lowest BCUT2D eigenvalue weighted by Gasteiger charge is -2.43. The molecule has 0 aromatic heterocycles. The Kier molecular flexibility index (Phi) is 8.73. The van der Waals surface area contributed by atoms with Crippen LogP contribution < -0.4 is 0 Å². The molecule has 0 atom stereocenters. The van der Waals surface area contributed by atoms with Gasteiger partial charge in [-0.1, -0.05) is 67.6 Å². The molecule has 3 aliphatic heterocycles. The van der Waals surface area contributed by atoms with Gasteiger partial charge in [0.05, 0.1) is 6.04 Å². The summed E-state index contributed by atoms with van der Waals surface area (Å²) in [7, 11) is 0. The van der Waals surface area contributed by atoms with E-state index in [1.807, 2.05) is 0 Å². The van der Waals surface area contributed by atoms with Crippen LogP contribution in [0.1, 0.15) is 56.2 Å². The summed E-state index contributed by atoms with van der Waals surface area (Å²) in [5, 5.41) is 0. The van der Waals surface area contributed by atoms with E-state index < -0.39 is 0 Å². The lowest BCUT2D eigenvalue weighted by molar-refractivity contribution is -0.139. The molecule has 1 amide bonds. The fourth-order valence-corrected chi connectivity index (χ4v) is 6.68. The van der Waals surface area contributed by atoms with Gasteiger partial charge in [-0.05, 0) is 76.0 Å². The smallest absolute Gasteiger partial charge is 0.225 e. The number of benzene rings is 2. The first-order valence-electron chi connectivity index (χ1n) is 14.3. The van der Waals surface area contributed by atoms with Crippen LogP contribution in [-0.4, -0.2) is 90.5 Å². The first-order valence-corrected chi connectivity index (χ1v) is 14.3. The number of piperidine rings is 2. The molecule has 194 valence electrons. The summed E-state index contributed by atoms with van der Waals surface area (Å²) in [5.41, 5.74) is 2.66. The zero-order chi connectivity index (χ0) is 24.7. The van der Waals surface area contributed by atoms with E-state index in [0.717, 1.165) is 58.2 Å². The van der Waals surface area contributed by atoms with Gasteiger partial charge in [0.1, 0.15) is 0 Å². The molecule has 3 aliphatic rings. The molecule has 3 saturated heterocycles. The van der Waals surface area contributed by atoms with Crippen molar-refractivity contribution in [3.63, 3.8) is 0 Å². The van der Waals surface area contributed by atoms with E-state index >= 15 is 0 Å². The third-order valence-electron chi connectivity index (χ3n) is 8.71. The zero-order valence-corrected chi connectivity index (χ0v) is 22.1. The SMILES string of the molecule is CCCN1CCC(N2CCC(C(=O)N3CCN(C(c4ccccc4)c4ccccc4)CC3)CC2)CC1. The molecule has 0 aliphatic carbocycles. The summed E-state index contributed by atoms with van der Waals surface area (Å²) >= 11 is 0. The van der Waals surface area contributed by atoms with Crippen LogP contribution in [0.5, 0.6) is 0 Å². The molecule has 0 saturated carbocycles. The van der Waals surface area contributed by atoms with Crippen LogP contribution in [0.3, 0.4) is 0 Å². The van der Waals surface area contributed by atoms with E-state index in [-0.39, 0.29) is 12.0 Å². The minimum absolute atomic E-state index is 0.215. The average molecular weight is 489 g/mol. The molecule has 5 rings (SSSR count). The molecule has 5 heteroatoms. The van der Waals surface area contributed by atoms with Crippen molar-refractivity contribution in [3.05, 3.63) is 71.8 Å². The predicted octanol–water partition coefficient (Wildman–Crippen LogP) is 4.51. The Morgan fingerprint density at radius 1 is 0.750 bits per heavy atom. The summed E-state index contributed by atoms with van der Waals surface area (Å²) in [4.78, 5) is 23.5. The Balaban J connectivity index is 1.12. The largest absolute Gasteiger partial charge is 0.340 e. The monoisotopic (exact) mass is 488 g/mol. The van der Waals surface area contributed by atoms with Crippen LogP contribution in [0.15, 0.2) is 60.7 Å². The quantitative estimate of drug-likeness (QED) is 0.574. The van der Waals surface area contributed by atoms with E-state index in [9.17, 15) is 4.79 Å². The molecule has 5 nitrogen and oxygen atoms in total. The molecule has 0 unspecified atom stereocenters. The van der Waals surface area contributed by atoms with E-state index in [4.69, 9.17) is 0 Å². The number of likely N-dealkylation sites (tertiary alicyclic amines) is 2. The molecule has 0 N–H and O–H groups in total. The van der Waals surface area contributed by atoms with Crippen LogP contribution in [0, 0.1) is 5.92 Å². The molecule has 2 aromatic rings. The Bertz CT molecular complexity index is 888. The van der Waals surface area contributed by atoms with Crippen LogP contribution >= 0.6 is 0 Å². The Morgan fingerprint density at radius 3 is 1.83 bits per heavy atom. The summed E-state index contributed by atoms with van der Waals surface area (Å²) in [6.07, 6.45) is 5.91. The Labute approximate surface area is 218 Å². The number of piperazine rings is 1. The highest BCUT2D eigenvalue weighted by atomic mass is 16.2. The highest BCUT2D eigenvalue weighted by Gasteiger charge is 2.34. The van der Waals surface area contributed by atoms with Crippen LogP contribution in [-0.2, 0) is 4.79 Å². The number of hydrogen-bond acceptors (Lipinski definition) is 4. The normalized spacial score (nSPS) is 21.8. The lowest BCUT2D eigenvalue weighted by atomic mass is 9.92. The number of rotatable bonds is 7. The van der Waals surface area contributed by atoms with Crippen molar-refractivity contribution in [2.45, 2.75) is 51.1 Å². The Morgan fingerprint density at radius 2 is 1.31 bits per heavy atom. The van der Waals surface area contributed by atoms with E-state index in [1.165, 1.54) is 50.0 Å². The van der Waals surface area contributed by atoms with E-state index in [0.29, 0.717) is 5.91 Å². The molecular formula is C31H44N4O. The van der Waals surface area contributed by atoms with Crippen molar-refractivity contribution < 1.29 is 4.79 Å². The molecule has 0 spiro atoms. The first kappa shape index (κ1) is 25.4. The van der Waals surface area contributed by atoms with Crippen LogP contribution in [0.4, 0.5) is 0 Å². The number of hydrogen-bond donors (Lipinski definition) is 0. The summed E-state index contributed by atoms with van der Waals surface area (Å²) in [6, 6.07) is 22.6. The fourth-order valence-electron chi connectivity index (χ4n) is 6.68. The van der Waals surface area contributed by atoms with Crippen molar-refractivity contribution in [1.82, 2.24) is 19.6 Å². The summed E-state index contributed by atoms with van der Waals surface area (Å²) in [5.74, 6) is 0.620. The maximum absolute atomic E-state index is 13.4. The standard InChI is InChI=1S/C31H44N4O/c1-2-17-32-18-15-29(16-19-32)33-20-13-28(14-21-33)31(36)35-24-22-34(23-25-35)30(26-9-5-3-6-10-26)27-11-7-4-8-12-27/h3-12,28-30H,2,13-25H2,1H3. The third kappa shape index (κ3) is 6.01. The molecule has 3 heterocycles.